The van der Waals surface area contributed by atoms with Crippen LogP contribution in [-0.2, 0) is 9.59 Å². The molecule has 0 aliphatic carbocycles. The maximum Gasteiger partial charge on any atom is 0.387 e. The highest BCUT2D eigenvalue weighted by atomic mass is 19.3. The van der Waals surface area contributed by atoms with Crippen LogP contribution in [0, 0.1) is 6.92 Å². The van der Waals surface area contributed by atoms with Crippen molar-refractivity contribution in [1.29, 1.82) is 0 Å². The zero-order chi connectivity index (χ0) is 20.0. The third-order valence-corrected chi connectivity index (χ3v) is 3.67. The van der Waals surface area contributed by atoms with Gasteiger partial charge in [0.15, 0.2) is 0 Å². The molecule has 6 nitrogen and oxygen atoms in total. The van der Waals surface area contributed by atoms with E-state index in [4.69, 9.17) is 0 Å². The van der Waals surface area contributed by atoms with Gasteiger partial charge in [0.25, 0.3) is 0 Å². The predicted octanol–water partition coefficient (Wildman–Crippen LogP) is 3.99. The van der Waals surface area contributed by atoms with Crippen LogP contribution < -0.4 is 20.7 Å². The maximum atomic E-state index is 12.5. The number of aryl methyl sites for hydroxylation is 1. The molecular weight excluding hydrogens is 356 g/mol. The quantitative estimate of drug-likeness (QED) is 0.682. The molecule has 2 aromatic carbocycles. The highest BCUT2D eigenvalue weighted by Gasteiger charge is 2.16. The fourth-order valence-electron chi connectivity index (χ4n) is 2.41. The Morgan fingerprint density at radius 1 is 1.04 bits per heavy atom. The van der Waals surface area contributed by atoms with E-state index in [0.717, 1.165) is 5.56 Å². The molecule has 1 atom stereocenters. The number of ether oxygens (including phenoxy) is 1. The molecule has 0 saturated heterocycles. The van der Waals surface area contributed by atoms with Gasteiger partial charge < -0.3 is 20.7 Å². The molecule has 1 unspecified atom stereocenters. The molecule has 2 aromatic rings. The number of carbonyl (C=O) groups is 2. The molecule has 8 heteroatoms. The van der Waals surface area contributed by atoms with Crippen molar-refractivity contribution in [2.45, 2.75) is 33.4 Å². The standard InChI is InChI=1S/C19H21F2N3O3/c1-11-10-14(8-9-15(11)23-13(3)25)22-12(2)18(26)24-16-6-4-5-7-17(16)27-19(20)21/h4-10,12,19,22H,1-3H3,(H,23,25)(H,24,26). The first-order valence-corrected chi connectivity index (χ1v) is 8.25. The Morgan fingerprint density at radius 3 is 2.37 bits per heavy atom. The maximum absolute atomic E-state index is 12.5. The Labute approximate surface area is 155 Å². The summed E-state index contributed by atoms with van der Waals surface area (Å²) in [6.45, 7) is 1.92. The van der Waals surface area contributed by atoms with Crippen molar-refractivity contribution in [3.05, 3.63) is 48.0 Å². The van der Waals surface area contributed by atoms with Gasteiger partial charge in [0.1, 0.15) is 11.8 Å². The molecule has 0 heterocycles. The predicted molar refractivity (Wildman–Crippen MR) is 100 cm³/mol. The molecule has 144 valence electrons. The lowest BCUT2D eigenvalue weighted by atomic mass is 10.1. The lowest BCUT2D eigenvalue weighted by molar-refractivity contribution is -0.116. The summed E-state index contributed by atoms with van der Waals surface area (Å²) in [5.74, 6) is -0.691. The fraction of sp³-hybridized carbons (Fsp3) is 0.263. The monoisotopic (exact) mass is 377 g/mol. The highest BCUT2D eigenvalue weighted by molar-refractivity contribution is 5.97. The second kappa shape index (κ2) is 8.98. The van der Waals surface area contributed by atoms with Gasteiger partial charge in [-0.25, -0.2) is 0 Å². The van der Waals surface area contributed by atoms with Gasteiger partial charge >= 0.3 is 6.61 Å². The minimum atomic E-state index is -2.98. The number of hydrogen-bond acceptors (Lipinski definition) is 4. The Balaban J connectivity index is 2.04. The van der Waals surface area contributed by atoms with Crippen molar-refractivity contribution in [3.63, 3.8) is 0 Å². The number of halogens is 2. The van der Waals surface area contributed by atoms with Crippen molar-refractivity contribution in [2.75, 3.05) is 16.0 Å². The molecule has 0 spiro atoms. The van der Waals surface area contributed by atoms with Crippen molar-refractivity contribution in [2.24, 2.45) is 0 Å². The third kappa shape index (κ3) is 5.95. The number of hydrogen-bond donors (Lipinski definition) is 3. The minimum Gasteiger partial charge on any atom is -0.433 e. The smallest absolute Gasteiger partial charge is 0.387 e. The summed E-state index contributed by atoms with van der Waals surface area (Å²) < 4.78 is 29.3. The molecule has 0 bridgehead atoms. The number of amides is 2. The lowest BCUT2D eigenvalue weighted by Crippen LogP contribution is -2.32. The largest absolute Gasteiger partial charge is 0.433 e. The first-order chi connectivity index (χ1) is 12.8. The zero-order valence-electron chi connectivity index (χ0n) is 15.2. The fourth-order valence-corrected chi connectivity index (χ4v) is 2.41. The van der Waals surface area contributed by atoms with Crippen molar-refractivity contribution >= 4 is 28.9 Å². The van der Waals surface area contributed by atoms with E-state index in [1.165, 1.54) is 25.1 Å². The van der Waals surface area contributed by atoms with Gasteiger partial charge in [0.05, 0.1) is 5.69 Å². The minimum absolute atomic E-state index is 0.108. The van der Waals surface area contributed by atoms with Crippen LogP contribution in [-0.4, -0.2) is 24.5 Å². The summed E-state index contributed by atoms with van der Waals surface area (Å²) in [7, 11) is 0. The van der Waals surface area contributed by atoms with E-state index < -0.39 is 18.6 Å². The Kier molecular flexibility index (Phi) is 6.70. The molecule has 0 fully saturated rings. The summed E-state index contributed by atoms with van der Waals surface area (Å²) in [6, 6.07) is 10.6. The number of carbonyl (C=O) groups excluding carboxylic acids is 2. The van der Waals surface area contributed by atoms with Crippen LogP contribution in [0.4, 0.5) is 25.8 Å². The molecule has 0 aliphatic rings. The average Bonchev–Trinajstić information content (AvgIpc) is 2.58. The average molecular weight is 377 g/mol. The third-order valence-electron chi connectivity index (χ3n) is 3.67. The first-order valence-electron chi connectivity index (χ1n) is 8.25. The molecular formula is C19H21F2N3O3. The number of para-hydroxylation sites is 2. The van der Waals surface area contributed by atoms with E-state index in [1.807, 2.05) is 6.92 Å². The SMILES string of the molecule is CC(=O)Nc1ccc(NC(C)C(=O)Nc2ccccc2OC(F)F)cc1C. The van der Waals surface area contributed by atoms with Crippen molar-refractivity contribution in [3.8, 4) is 5.75 Å². The van der Waals surface area contributed by atoms with E-state index in [1.54, 1.807) is 31.2 Å². The van der Waals surface area contributed by atoms with Gasteiger partial charge in [-0.05, 0) is 49.7 Å². The molecule has 0 aliphatic heterocycles. The van der Waals surface area contributed by atoms with Crippen LogP contribution in [0.15, 0.2) is 42.5 Å². The number of nitrogens with one attached hydrogen (secondary N) is 3. The van der Waals surface area contributed by atoms with E-state index >= 15 is 0 Å². The summed E-state index contributed by atoms with van der Waals surface area (Å²) in [6.07, 6.45) is 0. The zero-order valence-corrected chi connectivity index (χ0v) is 15.2. The first kappa shape index (κ1) is 20.2. The van der Waals surface area contributed by atoms with E-state index in [2.05, 4.69) is 20.7 Å². The van der Waals surface area contributed by atoms with Crippen molar-refractivity contribution in [1.82, 2.24) is 0 Å². The van der Waals surface area contributed by atoms with Gasteiger partial charge in [-0.15, -0.1) is 0 Å². The topological polar surface area (TPSA) is 79.5 Å². The van der Waals surface area contributed by atoms with Crippen LogP contribution in [0.25, 0.3) is 0 Å². The normalized spacial score (nSPS) is 11.6. The van der Waals surface area contributed by atoms with Crippen LogP contribution in [0.2, 0.25) is 0 Å². The van der Waals surface area contributed by atoms with E-state index in [-0.39, 0.29) is 17.3 Å². The molecule has 0 aromatic heterocycles. The molecule has 2 rings (SSSR count). The van der Waals surface area contributed by atoms with Gasteiger partial charge in [-0.1, -0.05) is 12.1 Å². The van der Waals surface area contributed by atoms with Crippen LogP contribution >= 0.6 is 0 Å². The van der Waals surface area contributed by atoms with Crippen molar-refractivity contribution < 1.29 is 23.1 Å². The summed E-state index contributed by atoms with van der Waals surface area (Å²) in [5, 5.41) is 8.31. The Morgan fingerprint density at radius 2 is 1.74 bits per heavy atom. The lowest BCUT2D eigenvalue weighted by Gasteiger charge is -2.18. The molecule has 0 radical (unpaired) electrons. The van der Waals surface area contributed by atoms with Gasteiger partial charge in [0.2, 0.25) is 11.8 Å². The van der Waals surface area contributed by atoms with Crippen LogP contribution in [0.5, 0.6) is 5.75 Å². The number of anilines is 3. The summed E-state index contributed by atoms with van der Waals surface area (Å²) in [4.78, 5) is 23.5. The number of rotatable bonds is 7. The Bertz CT molecular complexity index is 828. The van der Waals surface area contributed by atoms with E-state index in [9.17, 15) is 18.4 Å². The van der Waals surface area contributed by atoms with Gasteiger partial charge in [0, 0.05) is 18.3 Å². The summed E-state index contributed by atoms with van der Waals surface area (Å²) in [5.41, 5.74) is 2.36. The summed E-state index contributed by atoms with van der Waals surface area (Å²) >= 11 is 0. The Hall–Kier alpha value is -3.16. The molecule has 0 saturated carbocycles. The number of alkyl halides is 2. The van der Waals surface area contributed by atoms with Gasteiger partial charge in [-0.2, -0.15) is 8.78 Å². The van der Waals surface area contributed by atoms with Crippen LogP contribution in [0.1, 0.15) is 19.4 Å². The molecule has 2 amide bonds. The molecule has 3 N–H and O–H groups in total. The highest BCUT2D eigenvalue weighted by Crippen LogP contribution is 2.26. The second-order valence-corrected chi connectivity index (χ2v) is 5.94. The molecule has 27 heavy (non-hydrogen) atoms. The number of benzene rings is 2. The van der Waals surface area contributed by atoms with E-state index in [0.29, 0.717) is 11.4 Å². The second-order valence-electron chi connectivity index (χ2n) is 5.94. The van der Waals surface area contributed by atoms with Gasteiger partial charge in [-0.3, -0.25) is 9.59 Å². The van der Waals surface area contributed by atoms with Crippen LogP contribution in [0.3, 0.4) is 0 Å².